The quantitative estimate of drug-likeness (QED) is 0.276. The standard InChI is InChI=1S/C13H28.C11H24/c1-7-9-11(4)13(6)12(5)10(3)8-2;1-3-5-7-9-11-10-8-6-4-2/h10-13H,7-9H2,1-6H3;3-11H2,1-2H3. The highest BCUT2D eigenvalue weighted by atomic mass is 14.3. The normalized spacial score (nSPS) is 16.0. The molecule has 0 saturated carbocycles. The van der Waals surface area contributed by atoms with Crippen molar-refractivity contribution >= 4 is 0 Å². The molecule has 0 nitrogen and oxygen atoms in total. The molecule has 0 heteroatoms. The van der Waals surface area contributed by atoms with E-state index in [1.165, 1.54) is 77.0 Å². The van der Waals surface area contributed by atoms with Crippen molar-refractivity contribution in [3.8, 4) is 0 Å². The largest absolute Gasteiger partial charge is 0.0654 e. The Labute approximate surface area is 156 Å². The van der Waals surface area contributed by atoms with E-state index in [1.807, 2.05) is 0 Å². The summed E-state index contributed by atoms with van der Waals surface area (Å²) in [6.45, 7) is 18.8. The highest BCUT2D eigenvalue weighted by molar-refractivity contribution is 4.71. The topological polar surface area (TPSA) is 0 Å². The molecule has 4 unspecified atom stereocenters. The fraction of sp³-hybridized carbons (Fsp3) is 1.00. The van der Waals surface area contributed by atoms with Crippen LogP contribution in [0.25, 0.3) is 0 Å². The summed E-state index contributed by atoms with van der Waals surface area (Å²) in [7, 11) is 0. The summed E-state index contributed by atoms with van der Waals surface area (Å²) in [5, 5.41) is 0. The zero-order chi connectivity index (χ0) is 18.8. The summed E-state index contributed by atoms with van der Waals surface area (Å²) in [6, 6.07) is 0. The van der Waals surface area contributed by atoms with E-state index in [4.69, 9.17) is 0 Å². The van der Waals surface area contributed by atoms with Gasteiger partial charge in [0.05, 0.1) is 0 Å². The molecule has 24 heavy (non-hydrogen) atoms. The van der Waals surface area contributed by atoms with Gasteiger partial charge < -0.3 is 0 Å². The Balaban J connectivity index is 0. The smallest absolute Gasteiger partial charge is 0.0389 e. The van der Waals surface area contributed by atoms with E-state index in [2.05, 4.69) is 55.4 Å². The van der Waals surface area contributed by atoms with Crippen LogP contribution < -0.4 is 0 Å². The van der Waals surface area contributed by atoms with E-state index in [9.17, 15) is 0 Å². The lowest BCUT2D eigenvalue weighted by Gasteiger charge is -2.30. The first-order valence-electron chi connectivity index (χ1n) is 11.5. The van der Waals surface area contributed by atoms with Gasteiger partial charge in [-0.3, -0.25) is 0 Å². The van der Waals surface area contributed by atoms with E-state index < -0.39 is 0 Å². The lowest BCUT2D eigenvalue weighted by atomic mass is 9.76. The fourth-order valence-corrected chi connectivity index (χ4v) is 3.51. The molecule has 148 valence electrons. The molecular formula is C24H52. The van der Waals surface area contributed by atoms with Crippen molar-refractivity contribution in [2.45, 2.75) is 132 Å². The molecule has 0 N–H and O–H groups in total. The lowest BCUT2D eigenvalue weighted by molar-refractivity contribution is 0.200. The van der Waals surface area contributed by atoms with Crippen molar-refractivity contribution in [3.05, 3.63) is 0 Å². The van der Waals surface area contributed by atoms with E-state index in [-0.39, 0.29) is 0 Å². The average Bonchev–Trinajstić information content (AvgIpc) is 2.59. The molecule has 0 aliphatic heterocycles. The number of unbranched alkanes of at least 4 members (excludes halogenated alkanes) is 8. The van der Waals surface area contributed by atoms with Gasteiger partial charge in [-0.25, -0.2) is 0 Å². The highest BCUT2D eigenvalue weighted by Gasteiger charge is 2.21. The molecule has 0 aromatic heterocycles. The molecule has 0 radical (unpaired) electrons. The molecule has 0 aromatic rings. The molecule has 0 spiro atoms. The van der Waals surface area contributed by atoms with E-state index in [0.717, 1.165) is 23.7 Å². The summed E-state index contributed by atoms with van der Waals surface area (Å²) in [5.41, 5.74) is 0. The molecule has 0 amide bonds. The number of hydrogen-bond donors (Lipinski definition) is 0. The predicted octanol–water partition coefficient (Wildman–Crippen LogP) is 9.28. The van der Waals surface area contributed by atoms with Crippen LogP contribution in [0.5, 0.6) is 0 Å². The fourth-order valence-electron chi connectivity index (χ4n) is 3.51. The molecule has 0 aromatic carbocycles. The summed E-state index contributed by atoms with van der Waals surface area (Å²) in [5.74, 6) is 3.55. The van der Waals surface area contributed by atoms with Crippen LogP contribution in [0, 0.1) is 23.7 Å². The first kappa shape index (κ1) is 26.2. The minimum Gasteiger partial charge on any atom is -0.0654 e. The summed E-state index contributed by atoms with van der Waals surface area (Å²) in [6.07, 6.45) is 17.0. The van der Waals surface area contributed by atoms with Gasteiger partial charge in [0.15, 0.2) is 0 Å². The predicted molar refractivity (Wildman–Crippen MR) is 115 cm³/mol. The van der Waals surface area contributed by atoms with E-state index >= 15 is 0 Å². The second-order valence-electron chi connectivity index (χ2n) is 8.34. The van der Waals surface area contributed by atoms with Crippen LogP contribution in [0.15, 0.2) is 0 Å². The summed E-state index contributed by atoms with van der Waals surface area (Å²) >= 11 is 0. The Kier molecular flexibility index (Phi) is 21.1. The Hall–Kier alpha value is 0. The second-order valence-corrected chi connectivity index (χ2v) is 8.34. The summed E-state index contributed by atoms with van der Waals surface area (Å²) < 4.78 is 0. The van der Waals surface area contributed by atoms with Crippen molar-refractivity contribution in [2.24, 2.45) is 23.7 Å². The van der Waals surface area contributed by atoms with Crippen LogP contribution in [-0.2, 0) is 0 Å². The zero-order valence-electron chi connectivity index (χ0n) is 18.8. The average molecular weight is 341 g/mol. The van der Waals surface area contributed by atoms with Crippen LogP contribution in [0.2, 0.25) is 0 Å². The van der Waals surface area contributed by atoms with Gasteiger partial charge in [0.1, 0.15) is 0 Å². The molecule has 0 fully saturated rings. The first-order chi connectivity index (χ1) is 11.5. The molecule has 0 aliphatic rings. The first-order valence-corrected chi connectivity index (χ1v) is 11.5. The molecule has 0 heterocycles. The van der Waals surface area contributed by atoms with Crippen LogP contribution in [-0.4, -0.2) is 0 Å². The van der Waals surface area contributed by atoms with E-state index in [0.29, 0.717) is 0 Å². The van der Waals surface area contributed by atoms with Gasteiger partial charge in [-0.15, -0.1) is 0 Å². The molecular weight excluding hydrogens is 288 g/mol. The van der Waals surface area contributed by atoms with Crippen LogP contribution in [0.4, 0.5) is 0 Å². The molecule has 0 aliphatic carbocycles. The van der Waals surface area contributed by atoms with Gasteiger partial charge in [-0.1, -0.05) is 132 Å². The van der Waals surface area contributed by atoms with Crippen LogP contribution in [0.3, 0.4) is 0 Å². The minimum atomic E-state index is 0.881. The molecule has 0 saturated heterocycles. The third-order valence-corrected chi connectivity index (χ3v) is 6.22. The monoisotopic (exact) mass is 340 g/mol. The van der Waals surface area contributed by atoms with Crippen molar-refractivity contribution in [3.63, 3.8) is 0 Å². The maximum Gasteiger partial charge on any atom is -0.0389 e. The Morgan fingerprint density at radius 1 is 0.458 bits per heavy atom. The lowest BCUT2D eigenvalue weighted by Crippen LogP contribution is -2.21. The summed E-state index contributed by atoms with van der Waals surface area (Å²) in [4.78, 5) is 0. The van der Waals surface area contributed by atoms with Crippen molar-refractivity contribution < 1.29 is 0 Å². The van der Waals surface area contributed by atoms with Gasteiger partial charge in [0.2, 0.25) is 0 Å². The van der Waals surface area contributed by atoms with Crippen molar-refractivity contribution in [1.29, 1.82) is 0 Å². The number of rotatable bonds is 14. The Morgan fingerprint density at radius 2 is 0.833 bits per heavy atom. The van der Waals surface area contributed by atoms with Crippen LogP contribution >= 0.6 is 0 Å². The Morgan fingerprint density at radius 3 is 1.17 bits per heavy atom. The van der Waals surface area contributed by atoms with Gasteiger partial charge >= 0.3 is 0 Å². The van der Waals surface area contributed by atoms with Crippen molar-refractivity contribution in [2.75, 3.05) is 0 Å². The number of hydrogen-bond acceptors (Lipinski definition) is 0. The zero-order valence-corrected chi connectivity index (χ0v) is 18.8. The van der Waals surface area contributed by atoms with Gasteiger partial charge in [0, 0.05) is 0 Å². The Bertz CT molecular complexity index is 212. The van der Waals surface area contributed by atoms with Gasteiger partial charge in [0.25, 0.3) is 0 Å². The second kappa shape index (κ2) is 19.3. The van der Waals surface area contributed by atoms with E-state index in [1.54, 1.807) is 0 Å². The molecule has 4 atom stereocenters. The highest BCUT2D eigenvalue weighted by Crippen LogP contribution is 2.30. The third kappa shape index (κ3) is 15.5. The SMILES string of the molecule is CCCC(C)C(C)C(C)C(C)CC.CCCCCCCCCCC. The maximum atomic E-state index is 2.43. The van der Waals surface area contributed by atoms with Gasteiger partial charge in [-0.05, 0) is 23.7 Å². The van der Waals surface area contributed by atoms with Crippen molar-refractivity contribution in [1.82, 2.24) is 0 Å². The third-order valence-electron chi connectivity index (χ3n) is 6.22. The molecule has 0 rings (SSSR count). The molecule has 0 bridgehead atoms. The minimum absolute atomic E-state index is 0.881. The maximum absolute atomic E-state index is 2.43. The van der Waals surface area contributed by atoms with Crippen LogP contribution in [0.1, 0.15) is 132 Å². The van der Waals surface area contributed by atoms with Gasteiger partial charge in [-0.2, -0.15) is 0 Å².